The van der Waals surface area contributed by atoms with Crippen LogP contribution >= 0.6 is 0 Å². The molecule has 0 spiro atoms. The van der Waals surface area contributed by atoms with Crippen LogP contribution in [0.3, 0.4) is 0 Å². The zero-order valence-electron chi connectivity index (χ0n) is 31.5. The van der Waals surface area contributed by atoms with E-state index in [1.807, 2.05) is 30.3 Å². The van der Waals surface area contributed by atoms with Gasteiger partial charge < -0.3 is 8.98 Å². The predicted octanol–water partition coefficient (Wildman–Crippen LogP) is 2.83. The van der Waals surface area contributed by atoms with Crippen LogP contribution in [0, 0.1) is 0 Å². The van der Waals surface area contributed by atoms with Crippen molar-refractivity contribution in [1.82, 2.24) is 19.5 Å². The van der Waals surface area contributed by atoms with Gasteiger partial charge in [0.15, 0.2) is 17.5 Å². The molecule has 7 aromatic carbocycles. The fourth-order valence-corrected chi connectivity index (χ4v) is 8.36. The number of fused-ring (bicyclic) bond motifs is 6. The highest BCUT2D eigenvalue weighted by Crippen LogP contribution is 2.39. The van der Waals surface area contributed by atoms with Gasteiger partial charge in [-0.25, -0.2) is 15.0 Å². The summed E-state index contributed by atoms with van der Waals surface area (Å²) >= 11 is 0. The lowest BCUT2D eigenvalue weighted by atomic mass is 9.60. The standard InChI is InChI=1S/C45H33B5N4O/c46-38-37(39(47)41(49)42(50)40(38)48)45-52-43(25-12-5-2-6-13-25)51-44(53-45)31-15-9-17-34-36(31)30-21-19-27(23-35(30)55-34)54-32-16-8-7-14-28(32)29-20-18-26(22-33(29)54)24-10-3-1-4-11-24/h1-23H,46-50H2. The molecule has 0 N–H and O–H groups in total. The largest absolute Gasteiger partial charge is 0.456 e. The molecule has 0 saturated heterocycles. The van der Waals surface area contributed by atoms with Crippen LogP contribution in [0.1, 0.15) is 0 Å². The lowest BCUT2D eigenvalue weighted by Crippen LogP contribution is -2.55. The average molecular weight is 700 g/mol. The average Bonchev–Trinajstić information content (AvgIpc) is 3.78. The van der Waals surface area contributed by atoms with Crippen LogP contribution in [0.25, 0.3) is 94.7 Å². The minimum atomic E-state index is 0.617. The Morgan fingerprint density at radius 2 is 1.04 bits per heavy atom. The molecule has 0 radical (unpaired) electrons. The van der Waals surface area contributed by atoms with Crippen molar-refractivity contribution in [2.45, 2.75) is 0 Å². The van der Waals surface area contributed by atoms with Crippen molar-refractivity contribution in [3.8, 4) is 51.0 Å². The normalized spacial score (nSPS) is 11.6. The third kappa shape index (κ3) is 5.27. The monoisotopic (exact) mass is 700 g/mol. The number of para-hydroxylation sites is 1. The second kappa shape index (κ2) is 12.8. The molecule has 3 aromatic heterocycles. The summed E-state index contributed by atoms with van der Waals surface area (Å²) in [4.78, 5) is 15.5. The molecule has 254 valence electrons. The third-order valence-electron chi connectivity index (χ3n) is 11.7. The first-order valence-electron chi connectivity index (χ1n) is 18.8. The van der Waals surface area contributed by atoms with Crippen LogP contribution in [0.15, 0.2) is 144 Å². The highest BCUT2D eigenvalue weighted by molar-refractivity contribution is 6.68. The van der Waals surface area contributed by atoms with Crippen LogP contribution < -0.4 is 27.3 Å². The van der Waals surface area contributed by atoms with E-state index in [0.717, 1.165) is 55.3 Å². The first-order chi connectivity index (χ1) is 26.9. The summed E-state index contributed by atoms with van der Waals surface area (Å²) in [5.74, 6) is 1.94. The van der Waals surface area contributed by atoms with Crippen LogP contribution in [0.2, 0.25) is 0 Å². The minimum Gasteiger partial charge on any atom is -0.456 e. The van der Waals surface area contributed by atoms with Crippen molar-refractivity contribution in [3.63, 3.8) is 0 Å². The Kier molecular flexibility index (Phi) is 7.70. The van der Waals surface area contributed by atoms with Gasteiger partial charge in [0.1, 0.15) is 50.4 Å². The number of rotatable bonds is 5. The van der Waals surface area contributed by atoms with E-state index in [1.54, 1.807) is 0 Å². The fourth-order valence-electron chi connectivity index (χ4n) is 8.36. The zero-order chi connectivity index (χ0) is 37.4. The summed E-state index contributed by atoms with van der Waals surface area (Å²) in [5.41, 5.74) is 16.4. The Bertz CT molecular complexity index is 3130. The van der Waals surface area contributed by atoms with Gasteiger partial charge in [-0.05, 0) is 41.5 Å². The molecule has 0 bridgehead atoms. The Labute approximate surface area is 323 Å². The molecule has 10 heteroatoms. The fraction of sp³-hybridized carbons (Fsp3) is 0. The van der Waals surface area contributed by atoms with Gasteiger partial charge in [-0.2, -0.15) is 0 Å². The molecular formula is C45H33B5N4O. The van der Waals surface area contributed by atoms with Crippen LogP contribution in [-0.4, -0.2) is 58.8 Å². The molecule has 0 atom stereocenters. The van der Waals surface area contributed by atoms with Crippen molar-refractivity contribution < 1.29 is 4.42 Å². The molecule has 0 aliphatic carbocycles. The lowest BCUT2D eigenvalue weighted by molar-refractivity contribution is 0.668. The molecule has 0 aliphatic heterocycles. The van der Waals surface area contributed by atoms with Crippen LogP contribution in [-0.2, 0) is 0 Å². The molecule has 0 aliphatic rings. The van der Waals surface area contributed by atoms with Crippen molar-refractivity contribution >= 4 is 110 Å². The Morgan fingerprint density at radius 3 is 1.80 bits per heavy atom. The van der Waals surface area contributed by atoms with Crippen LogP contribution in [0.4, 0.5) is 0 Å². The molecule has 55 heavy (non-hydrogen) atoms. The van der Waals surface area contributed by atoms with E-state index in [0.29, 0.717) is 17.5 Å². The molecule has 10 rings (SSSR count). The second-order valence-corrected chi connectivity index (χ2v) is 14.6. The number of hydrogen-bond donors (Lipinski definition) is 0. The molecule has 3 heterocycles. The summed E-state index contributed by atoms with van der Waals surface area (Å²) in [6.07, 6.45) is 0. The number of furan rings is 1. The van der Waals surface area contributed by atoms with Crippen LogP contribution in [0.5, 0.6) is 0 Å². The summed E-state index contributed by atoms with van der Waals surface area (Å²) in [6, 6.07) is 48.8. The lowest BCUT2D eigenvalue weighted by Gasteiger charge is -2.20. The molecule has 10 aromatic rings. The molecule has 0 unspecified atom stereocenters. The predicted molar refractivity (Wildman–Crippen MR) is 244 cm³/mol. The molecular weight excluding hydrogens is 667 g/mol. The summed E-state index contributed by atoms with van der Waals surface area (Å²) < 4.78 is 9.05. The Morgan fingerprint density at radius 1 is 0.418 bits per heavy atom. The van der Waals surface area contributed by atoms with Gasteiger partial charge in [0.2, 0.25) is 0 Å². The van der Waals surface area contributed by atoms with Gasteiger partial charge in [-0.3, -0.25) is 0 Å². The molecule has 5 nitrogen and oxygen atoms in total. The first kappa shape index (κ1) is 33.1. The minimum absolute atomic E-state index is 0.617. The SMILES string of the molecule is Bc1c(B)c(B)c(-c2nc(-c3ccccc3)nc(-c3cccc4oc5cc(-n6c7ccccc7c7ccc(-c8ccccc8)cc76)ccc5c34)n2)c(B)c1B. The summed E-state index contributed by atoms with van der Waals surface area (Å²) in [5, 5.41) is 4.43. The molecule has 0 amide bonds. The van der Waals surface area contributed by atoms with Crippen molar-refractivity contribution in [2.24, 2.45) is 0 Å². The second-order valence-electron chi connectivity index (χ2n) is 14.6. The highest BCUT2D eigenvalue weighted by atomic mass is 16.3. The van der Waals surface area contributed by atoms with Crippen molar-refractivity contribution in [1.29, 1.82) is 0 Å². The number of aromatic nitrogens is 4. The molecule has 0 saturated carbocycles. The highest BCUT2D eigenvalue weighted by Gasteiger charge is 2.22. The third-order valence-corrected chi connectivity index (χ3v) is 11.7. The number of nitrogens with zero attached hydrogens (tertiary/aromatic N) is 4. The summed E-state index contributed by atoms with van der Waals surface area (Å²) in [6.45, 7) is 0. The van der Waals surface area contributed by atoms with Gasteiger partial charge in [0.25, 0.3) is 0 Å². The van der Waals surface area contributed by atoms with E-state index < -0.39 is 0 Å². The molecule has 0 fully saturated rings. The van der Waals surface area contributed by atoms with Gasteiger partial charge >= 0.3 is 0 Å². The summed E-state index contributed by atoms with van der Waals surface area (Å²) in [7, 11) is 10.9. The number of hydrogen-bond acceptors (Lipinski definition) is 4. The van der Waals surface area contributed by atoms with E-state index in [4.69, 9.17) is 19.4 Å². The van der Waals surface area contributed by atoms with Crippen molar-refractivity contribution in [2.75, 3.05) is 0 Å². The van der Waals surface area contributed by atoms with E-state index >= 15 is 0 Å². The quantitative estimate of drug-likeness (QED) is 0.260. The smallest absolute Gasteiger partial charge is 0.164 e. The Hall–Kier alpha value is -6.53. The van der Waals surface area contributed by atoms with Crippen molar-refractivity contribution in [3.05, 3.63) is 140 Å². The van der Waals surface area contributed by atoms with E-state index in [1.165, 1.54) is 49.2 Å². The van der Waals surface area contributed by atoms with Gasteiger partial charge in [0.05, 0.1) is 11.0 Å². The number of benzene rings is 7. The first-order valence-corrected chi connectivity index (χ1v) is 18.8. The maximum absolute atomic E-state index is 6.70. The zero-order valence-corrected chi connectivity index (χ0v) is 31.5. The van der Waals surface area contributed by atoms with Gasteiger partial charge in [-0.15, -0.1) is 16.4 Å². The van der Waals surface area contributed by atoms with E-state index in [2.05, 4.69) is 153 Å². The Balaban J connectivity index is 1.18. The van der Waals surface area contributed by atoms with E-state index in [-0.39, 0.29) is 0 Å². The maximum Gasteiger partial charge on any atom is 0.164 e. The topological polar surface area (TPSA) is 56.7 Å². The maximum atomic E-state index is 6.70. The van der Waals surface area contributed by atoms with Gasteiger partial charge in [0, 0.05) is 50.0 Å². The van der Waals surface area contributed by atoms with E-state index in [9.17, 15) is 0 Å². The van der Waals surface area contributed by atoms with Gasteiger partial charge in [-0.1, -0.05) is 114 Å².